The number of aliphatic carboxylic acids is 1. The van der Waals surface area contributed by atoms with E-state index in [4.69, 9.17) is 9.84 Å². The van der Waals surface area contributed by atoms with Gasteiger partial charge < -0.3 is 15.2 Å². The van der Waals surface area contributed by atoms with Gasteiger partial charge in [0.25, 0.3) is 0 Å². The molecule has 3 saturated carbocycles. The average molecular weight is 446 g/mol. The Morgan fingerprint density at radius 1 is 1.06 bits per heavy atom. The van der Waals surface area contributed by atoms with Gasteiger partial charge in [-0.05, 0) is 74.2 Å². The predicted octanol–water partition coefficient (Wildman–Crippen LogP) is 3.41. The fourth-order valence-corrected chi connectivity index (χ4v) is 7.40. The summed E-state index contributed by atoms with van der Waals surface area (Å²) in [5.41, 5.74) is 1.46. The van der Waals surface area contributed by atoms with Crippen molar-refractivity contribution in [2.45, 2.75) is 84.2 Å². The number of allylic oxidation sites excluding steroid dienone is 1. The summed E-state index contributed by atoms with van der Waals surface area (Å²) in [6.07, 6.45) is 9.50. The standard InChI is InChI=1S/C25H35NO6/c1-24-11-9-16(27)13-15(24)3-4-17-18-5-6-20(25(18,2)12-10-19(17)24)32-23(31)8-7-21(28)26-14-22(29)30/h13,17-20H,3-12,14H2,1-2H3,(H,26,28)(H,29,30)/t17-,18-,19-,20+,24+,25-/m1/s1. The van der Waals surface area contributed by atoms with Crippen LogP contribution in [0.4, 0.5) is 0 Å². The van der Waals surface area contributed by atoms with Gasteiger partial charge in [0.05, 0.1) is 6.42 Å². The molecule has 0 unspecified atom stereocenters. The molecule has 0 aliphatic heterocycles. The van der Waals surface area contributed by atoms with Crippen molar-refractivity contribution in [3.05, 3.63) is 11.6 Å². The lowest BCUT2D eigenvalue weighted by Crippen LogP contribution is -2.51. The van der Waals surface area contributed by atoms with E-state index in [0.717, 1.165) is 44.9 Å². The van der Waals surface area contributed by atoms with Gasteiger partial charge in [-0.2, -0.15) is 0 Å². The van der Waals surface area contributed by atoms with E-state index in [1.54, 1.807) is 0 Å². The second-order valence-electron chi connectivity index (χ2n) is 10.7. The molecule has 7 heteroatoms. The quantitative estimate of drug-likeness (QED) is 0.607. The summed E-state index contributed by atoms with van der Waals surface area (Å²) >= 11 is 0. The maximum Gasteiger partial charge on any atom is 0.322 e. The molecule has 176 valence electrons. The maximum atomic E-state index is 12.5. The maximum absolute atomic E-state index is 12.5. The summed E-state index contributed by atoms with van der Waals surface area (Å²) in [6.45, 7) is 4.20. The highest BCUT2D eigenvalue weighted by Gasteiger charge is 2.59. The fraction of sp³-hybridized carbons (Fsp3) is 0.760. The smallest absolute Gasteiger partial charge is 0.322 e. The Balaban J connectivity index is 1.37. The Bertz CT molecular complexity index is 849. The Morgan fingerprint density at radius 2 is 1.84 bits per heavy atom. The SMILES string of the molecule is C[C@@]12CC[C@@H]3[C@H](CCC4=CC(=O)CC[C@@]43C)[C@H]1CC[C@@H]2OC(=O)CCC(=O)NCC(=O)O. The van der Waals surface area contributed by atoms with Crippen molar-refractivity contribution in [3.63, 3.8) is 0 Å². The van der Waals surface area contributed by atoms with Gasteiger partial charge in [-0.15, -0.1) is 0 Å². The van der Waals surface area contributed by atoms with Crippen LogP contribution in [0.15, 0.2) is 11.6 Å². The summed E-state index contributed by atoms with van der Waals surface area (Å²) in [5, 5.41) is 10.9. The molecule has 0 saturated heterocycles. The van der Waals surface area contributed by atoms with E-state index in [1.165, 1.54) is 5.57 Å². The van der Waals surface area contributed by atoms with Gasteiger partial charge in [0.2, 0.25) is 5.91 Å². The number of hydrogen-bond acceptors (Lipinski definition) is 5. The second-order valence-corrected chi connectivity index (χ2v) is 10.7. The van der Waals surface area contributed by atoms with Gasteiger partial charge in [-0.3, -0.25) is 19.2 Å². The molecular weight excluding hydrogens is 410 g/mol. The third-order valence-corrected chi connectivity index (χ3v) is 9.14. The Morgan fingerprint density at radius 3 is 2.59 bits per heavy atom. The van der Waals surface area contributed by atoms with Crippen molar-refractivity contribution in [2.24, 2.45) is 28.6 Å². The average Bonchev–Trinajstić information content (AvgIpc) is 3.07. The molecule has 0 radical (unpaired) electrons. The number of fused-ring (bicyclic) bond motifs is 5. The van der Waals surface area contributed by atoms with Gasteiger partial charge in [-0.25, -0.2) is 0 Å². The van der Waals surface area contributed by atoms with Crippen LogP contribution < -0.4 is 5.32 Å². The number of amides is 1. The topological polar surface area (TPSA) is 110 Å². The van der Waals surface area contributed by atoms with Crippen LogP contribution in [0.2, 0.25) is 0 Å². The molecule has 7 nitrogen and oxygen atoms in total. The number of ketones is 1. The predicted molar refractivity (Wildman–Crippen MR) is 116 cm³/mol. The third kappa shape index (κ3) is 4.11. The van der Waals surface area contributed by atoms with E-state index in [0.29, 0.717) is 24.2 Å². The molecule has 0 aromatic rings. The number of carboxylic acid groups (broad SMARTS) is 1. The van der Waals surface area contributed by atoms with Gasteiger partial charge in [0.15, 0.2) is 5.78 Å². The van der Waals surface area contributed by atoms with E-state index in [9.17, 15) is 19.2 Å². The molecule has 2 N–H and O–H groups in total. The molecule has 6 atom stereocenters. The highest BCUT2D eigenvalue weighted by Crippen LogP contribution is 2.65. The van der Waals surface area contributed by atoms with E-state index in [1.807, 2.05) is 6.08 Å². The van der Waals surface area contributed by atoms with E-state index in [2.05, 4.69) is 19.2 Å². The molecule has 0 aromatic heterocycles. The number of nitrogens with one attached hydrogen (secondary N) is 1. The monoisotopic (exact) mass is 445 g/mol. The van der Waals surface area contributed by atoms with Crippen LogP contribution in [0, 0.1) is 28.6 Å². The lowest BCUT2D eigenvalue weighted by Gasteiger charge is -2.57. The zero-order valence-electron chi connectivity index (χ0n) is 19.2. The van der Waals surface area contributed by atoms with Crippen LogP contribution in [0.25, 0.3) is 0 Å². The Hall–Kier alpha value is -2.18. The zero-order chi connectivity index (χ0) is 23.1. The first kappa shape index (κ1) is 23.0. The second kappa shape index (κ2) is 8.64. The zero-order valence-corrected chi connectivity index (χ0v) is 19.2. The van der Waals surface area contributed by atoms with Crippen molar-refractivity contribution in [1.82, 2.24) is 5.32 Å². The van der Waals surface area contributed by atoms with E-state index in [-0.39, 0.29) is 41.5 Å². The minimum atomic E-state index is -1.11. The van der Waals surface area contributed by atoms with Crippen LogP contribution in [-0.2, 0) is 23.9 Å². The molecule has 1 amide bonds. The van der Waals surface area contributed by atoms with Crippen LogP contribution in [0.1, 0.15) is 78.1 Å². The molecule has 4 aliphatic carbocycles. The third-order valence-electron chi connectivity index (χ3n) is 9.14. The van der Waals surface area contributed by atoms with Crippen molar-refractivity contribution in [3.8, 4) is 0 Å². The van der Waals surface area contributed by atoms with Crippen LogP contribution >= 0.6 is 0 Å². The minimum Gasteiger partial charge on any atom is -0.480 e. The highest BCUT2D eigenvalue weighted by molar-refractivity contribution is 5.91. The summed E-state index contributed by atoms with van der Waals surface area (Å²) < 4.78 is 5.89. The normalized spacial score (nSPS) is 38.1. The number of carbonyl (C=O) groups is 4. The summed E-state index contributed by atoms with van der Waals surface area (Å²) in [4.78, 5) is 46.7. The number of esters is 1. The number of ether oxygens (including phenoxy) is 1. The van der Waals surface area contributed by atoms with Gasteiger partial charge >= 0.3 is 11.9 Å². The molecule has 0 spiro atoms. The van der Waals surface area contributed by atoms with Gasteiger partial charge in [0.1, 0.15) is 12.6 Å². The van der Waals surface area contributed by atoms with E-state index >= 15 is 0 Å². The van der Waals surface area contributed by atoms with Crippen LogP contribution in [0.3, 0.4) is 0 Å². The first-order valence-electron chi connectivity index (χ1n) is 12.1. The molecule has 3 fully saturated rings. The van der Waals surface area contributed by atoms with Crippen molar-refractivity contribution < 1.29 is 29.0 Å². The Labute approximate surface area is 189 Å². The van der Waals surface area contributed by atoms with Crippen molar-refractivity contribution in [1.29, 1.82) is 0 Å². The molecule has 32 heavy (non-hydrogen) atoms. The van der Waals surface area contributed by atoms with Crippen LogP contribution in [0.5, 0.6) is 0 Å². The fourth-order valence-electron chi connectivity index (χ4n) is 7.40. The molecule has 4 rings (SSSR count). The largest absolute Gasteiger partial charge is 0.480 e. The number of hydrogen-bond donors (Lipinski definition) is 2. The van der Waals surface area contributed by atoms with Crippen molar-refractivity contribution in [2.75, 3.05) is 6.54 Å². The van der Waals surface area contributed by atoms with Gasteiger partial charge in [0, 0.05) is 18.3 Å². The van der Waals surface area contributed by atoms with Gasteiger partial charge in [-0.1, -0.05) is 19.4 Å². The van der Waals surface area contributed by atoms with Crippen molar-refractivity contribution >= 4 is 23.6 Å². The highest BCUT2D eigenvalue weighted by atomic mass is 16.5. The van der Waals surface area contributed by atoms with Crippen LogP contribution in [-0.4, -0.2) is 41.4 Å². The summed E-state index contributed by atoms with van der Waals surface area (Å²) in [6, 6.07) is 0. The lowest BCUT2D eigenvalue weighted by molar-refractivity contribution is -0.160. The number of rotatable bonds is 6. The van der Waals surface area contributed by atoms with E-state index < -0.39 is 18.4 Å². The molecule has 0 heterocycles. The molecule has 0 bridgehead atoms. The molecular formula is C25H35NO6. The number of carbonyl (C=O) groups excluding carboxylic acids is 3. The molecule has 4 aliphatic rings. The minimum absolute atomic E-state index is 0.0327. The first-order chi connectivity index (χ1) is 15.1. The molecule has 0 aromatic carbocycles. The Kier molecular flexibility index (Phi) is 6.21. The first-order valence-corrected chi connectivity index (χ1v) is 12.1. The summed E-state index contributed by atoms with van der Waals surface area (Å²) in [5.74, 6) is 0.0628. The lowest BCUT2D eigenvalue weighted by atomic mass is 9.47. The number of carboxylic acids is 1. The summed E-state index contributed by atoms with van der Waals surface area (Å²) in [7, 11) is 0.